The summed E-state index contributed by atoms with van der Waals surface area (Å²) < 4.78 is 6.20. The number of carbonyl (C=O) groups excluding carboxylic acids is 1. The minimum atomic E-state index is -0.505. The molecule has 0 aromatic heterocycles. The lowest BCUT2D eigenvalue weighted by atomic mass is 9.98. The van der Waals surface area contributed by atoms with E-state index in [1.165, 1.54) is 11.8 Å². The van der Waals surface area contributed by atoms with Crippen molar-refractivity contribution in [3.63, 3.8) is 0 Å². The highest BCUT2D eigenvalue weighted by Crippen LogP contribution is 2.37. The number of allylic oxidation sites excluding steroid dienone is 1. The average Bonchev–Trinajstić information content (AvgIpc) is 2.71. The number of phenols is 1. The number of hydrogen-bond donors (Lipinski definition) is 3. The maximum absolute atomic E-state index is 10.4. The predicted molar refractivity (Wildman–Crippen MR) is 120 cm³/mol. The van der Waals surface area contributed by atoms with Crippen LogP contribution < -0.4 is 4.74 Å². The molecule has 6 heteroatoms. The monoisotopic (exact) mass is 428 g/mol. The Labute approximate surface area is 181 Å². The average molecular weight is 429 g/mol. The van der Waals surface area contributed by atoms with Crippen molar-refractivity contribution in [2.75, 3.05) is 6.61 Å². The van der Waals surface area contributed by atoms with Gasteiger partial charge in [0, 0.05) is 36.1 Å². The van der Waals surface area contributed by atoms with Crippen LogP contribution in [0, 0.1) is 6.92 Å². The van der Waals surface area contributed by atoms with Gasteiger partial charge in [-0.25, -0.2) is 0 Å². The highest BCUT2D eigenvalue weighted by atomic mass is 32.2. The van der Waals surface area contributed by atoms with Crippen molar-refractivity contribution in [3.05, 3.63) is 64.7 Å². The molecule has 1 fully saturated rings. The molecule has 1 heterocycles. The Balaban J connectivity index is 1.78. The maximum Gasteiger partial charge on any atom is 0.147 e. The first-order valence-corrected chi connectivity index (χ1v) is 11.1. The second-order valence-electron chi connectivity index (χ2n) is 7.58. The largest absolute Gasteiger partial charge is 0.508 e. The summed E-state index contributed by atoms with van der Waals surface area (Å²) in [5, 5.41) is 29.6. The second-order valence-corrected chi connectivity index (χ2v) is 9.04. The second kappa shape index (κ2) is 10.7. The van der Waals surface area contributed by atoms with E-state index >= 15 is 0 Å². The molecule has 3 atom stereocenters. The van der Waals surface area contributed by atoms with Crippen LogP contribution in [0.5, 0.6) is 11.5 Å². The minimum absolute atomic E-state index is 0.00114. The van der Waals surface area contributed by atoms with E-state index in [1.54, 1.807) is 12.1 Å². The van der Waals surface area contributed by atoms with Crippen molar-refractivity contribution in [3.8, 4) is 11.5 Å². The fourth-order valence-electron chi connectivity index (χ4n) is 3.59. The number of thioether (sulfide) groups is 1. The van der Waals surface area contributed by atoms with Crippen LogP contribution in [0.3, 0.4) is 0 Å². The van der Waals surface area contributed by atoms with Crippen LogP contribution in [0.4, 0.5) is 0 Å². The normalized spacial score (nSPS) is 21.6. The molecule has 0 radical (unpaired) electrons. The van der Waals surface area contributed by atoms with Gasteiger partial charge in [-0.2, -0.15) is 0 Å². The Morgan fingerprint density at radius 1 is 1.20 bits per heavy atom. The molecule has 5 nitrogen and oxygen atoms in total. The Kier molecular flexibility index (Phi) is 7.96. The van der Waals surface area contributed by atoms with E-state index in [2.05, 4.69) is 0 Å². The zero-order valence-corrected chi connectivity index (χ0v) is 17.8. The van der Waals surface area contributed by atoms with Gasteiger partial charge in [0.15, 0.2) is 0 Å². The zero-order valence-electron chi connectivity index (χ0n) is 17.0. The van der Waals surface area contributed by atoms with Crippen molar-refractivity contribution >= 4 is 24.1 Å². The van der Waals surface area contributed by atoms with Crippen LogP contribution in [-0.2, 0) is 11.2 Å². The Morgan fingerprint density at radius 3 is 2.67 bits per heavy atom. The lowest BCUT2D eigenvalue weighted by Crippen LogP contribution is -2.33. The molecule has 0 amide bonds. The van der Waals surface area contributed by atoms with E-state index in [0.717, 1.165) is 28.5 Å². The lowest BCUT2D eigenvalue weighted by molar-refractivity contribution is -0.107. The summed E-state index contributed by atoms with van der Waals surface area (Å²) in [6.07, 6.45) is 6.19. The van der Waals surface area contributed by atoms with Gasteiger partial charge in [0.05, 0.1) is 12.7 Å². The summed E-state index contributed by atoms with van der Waals surface area (Å²) in [7, 11) is 0. The third-order valence-electron chi connectivity index (χ3n) is 5.13. The number of rotatable bonds is 8. The fraction of sp³-hybridized carbons (Fsp3) is 0.375. The standard InChI is InChI=1S/C24H28O5S/c1-16-10-19(27)13-23(29-24-14-20(28)12-21(15-26)30-24)22(16)11-18-7-5-17(6-8-18)4-2-3-9-25/h2,4-10,13,20-21,24,26-28H,3,11-12,14-15H2,1H3/b4-2+. The van der Waals surface area contributed by atoms with E-state index < -0.39 is 6.10 Å². The van der Waals surface area contributed by atoms with E-state index in [1.807, 2.05) is 43.3 Å². The molecule has 3 rings (SSSR count). The number of aromatic hydroxyl groups is 1. The first-order chi connectivity index (χ1) is 14.5. The molecule has 1 aliphatic rings. The molecule has 3 N–H and O–H groups in total. The fourth-order valence-corrected chi connectivity index (χ4v) is 4.93. The van der Waals surface area contributed by atoms with Gasteiger partial charge in [0.1, 0.15) is 23.2 Å². The molecule has 0 aliphatic carbocycles. The molecule has 1 saturated heterocycles. The van der Waals surface area contributed by atoms with E-state index in [9.17, 15) is 20.1 Å². The number of aliphatic hydroxyl groups excluding tert-OH is 2. The Bertz CT molecular complexity index is 878. The molecule has 2 aromatic carbocycles. The highest BCUT2D eigenvalue weighted by Gasteiger charge is 2.30. The van der Waals surface area contributed by atoms with Crippen LogP contribution in [0.2, 0.25) is 0 Å². The number of aldehydes is 1. The smallest absolute Gasteiger partial charge is 0.147 e. The van der Waals surface area contributed by atoms with Crippen LogP contribution in [0.15, 0.2) is 42.5 Å². The van der Waals surface area contributed by atoms with Gasteiger partial charge in [-0.05, 0) is 36.1 Å². The first-order valence-electron chi connectivity index (χ1n) is 10.1. The van der Waals surface area contributed by atoms with Crippen molar-refractivity contribution in [1.82, 2.24) is 0 Å². The van der Waals surface area contributed by atoms with E-state index in [-0.39, 0.29) is 23.0 Å². The number of aryl methyl sites for hydroxylation is 1. The van der Waals surface area contributed by atoms with Gasteiger partial charge in [-0.3, -0.25) is 0 Å². The summed E-state index contributed by atoms with van der Waals surface area (Å²) in [5.74, 6) is 0.743. The molecule has 0 spiro atoms. The van der Waals surface area contributed by atoms with Crippen LogP contribution >= 0.6 is 11.8 Å². The SMILES string of the molecule is Cc1cc(O)cc(OC2CC(O)CC(CO)S2)c1Cc1ccc(/C=C/CC=O)cc1. The van der Waals surface area contributed by atoms with Crippen molar-refractivity contribution in [1.29, 1.82) is 0 Å². The summed E-state index contributed by atoms with van der Waals surface area (Å²) >= 11 is 1.52. The van der Waals surface area contributed by atoms with Crippen molar-refractivity contribution in [2.45, 2.75) is 49.4 Å². The van der Waals surface area contributed by atoms with Gasteiger partial charge in [0.2, 0.25) is 0 Å². The van der Waals surface area contributed by atoms with Crippen LogP contribution in [-0.4, -0.2) is 45.0 Å². The van der Waals surface area contributed by atoms with Crippen LogP contribution in [0.25, 0.3) is 6.08 Å². The number of ether oxygens (including phenoxy) is 1. The molecule has 0 bridgehead atoms. The first kappa shape index (κ1) is 22.4. The lowest BCUT2D eigenvalue weighted by Gasteiger charge is -2.32. The molecular weight excluding hydrogens is 400 g/mol. The molecule has 0 saturated carbocycles. The summed E-state index contributed by atoms with van der Waals surface area (Å²) in [4.78, 5) is 10.4. The Hall–Kier alpha value is -2.28. The molecule has 30 heavy (non-hydrogen) atoms. The summed E-state index contributed by atoms with van der Waals surface area (Å²) in [6, 6.07) is 11.4. The van der Waals surface area contributed by atoms with Crippen molar-refractivity contribution in [2.24, 2.45) is 0 Å². The quantitative estimate of drug-likeness (QED) is 0.554. The van der Waals surface area contributed by atoms with Crippen molar-refractivity contribution < 1.29 is 24.9 Å². The number of hydrogen-bond acceptors (Lipinski definition) is 6. The maximum atomic E-state index is 10.4. The van der Waals surface area contributed by atoms with E-state index in [0.29, 0.717) is 31.4 Å². The summed E-state index contributed by atoms with van der Waals surface area (Å²) in [6.45, 7) is 1.94. The van der Waals surface area contributed by atoms with Gasteiger partial charge >= 0.3 is 0 Å². The molecule has 3 unspecified atom stereocenters. The van der Waals surface area contributed by atoms with E-state index in [4.69, 9.17) is 4.74 Å². The summed E-state index contributed by atoms with van der Waals surface area (Å²) in [5.41, 5.74) is 3.77. The molecule has 2 aromatic rings. The number of phenolic OH excluding ortho intramolecular Hbond substituents is 1. The third kappa shape index (κ3) is 6.11. The number of aliphatic hydroxyl groups is 2. The topological polar surface area (TPSA) is 87.0 Å². The Morgan fingerprint density at radius 2 is 1.97 bits per heavy atom. The van der Waals surface area contributed by atoms with Gasteiger partial charge in [-0.15, -0.1) is 11.8 Å². The molecule has 1 aliphatic heterocycles. The van der Waals surface area contributed by atoms with Crippen LogP contribution in [0.1, 0.15) is 41.5 Å². The number of benzene rings is 2. The minimum Gasteiger partial charge on any atom is -0.508 e. The molecular formula is C24H28O5S. The third-order valence-corrected chi connectivity index (χ3v) is 6.44. The van der Waals surface area contributed by atoms with Gasteiger partial charge in [-0.1, -0.05) is 36.4 Å². The zero-order chi connectivity index (χ0) is 21.5. The number of carbonyl (C=O) groups is 1. The van der Waals surface area contributed by atoms with Gasteiger partial charge in [0.25, 0.3) is 0 Å². The molecule has 160 valence electrons. The predicted octanol–water partition coefficient (Wildman–Crippen LogP) is 3.85. The van der Waals surface area contributed by atoms with Gasteiger partial charge < -0.3 is 24.9 Å². The highest BCUT2D eigenvalue weighted by molar-refractivity contribution is 8.00.